The predicted octanol–water partition coefficient (Wildman–Crippen LogP) is 4.92. The van der Waals surface area contributed by atoms with Gasteiger partial charge in [-0.05, 0) is 55.3 Å². The van der Waals surface area contributed by atoms with Crippen LogP contribution in [0, 0.1) is 6.92 Å². The minimum Gasteiger partial charge on any atom is -0.381 e. The molecule has 0 bridgehead atoms. The fraction of sp³-hybridized carbons (Fsp3) is 0.333. The van der Waals surface area contributed by atoms with Crippen molar-refractivity contribution in [2.45, 2.75) is 25.3 Å². The van der Waals surface area contributed by atoms with Crippen molar-refractivity contribution in [1.82, 2.24) is 5.32 Å². The molecule has 0 saturated carbocycles. The molecule has 4 rings (SSSR count). The van der Waals surface area contributed by atoms with E-state index in [9.17, 15) is 0 Å². The summed E-state index contributed by atoms with van der Waals surface area (Å²) in [6, 6.07) is 10.6. The molecule has 2 atom stereocenters. The molecule has 3 nitrogen and oxygen atoms in total. The SMILES string of the molecule is Cc1cc(Nc2cccc(Cl)c2Cl)cc2c1N[C@H]1CCNC[C@@H]21. The Balaban J connectivity index is 1.69. The first-order chi connectivity index (χ1) is 11.1. The van der Waals surface area contributed by atoms with E-state index in [1.165, 1.54) is 23.2 Å². The highest BCUT2D eigenvalue weighted by Gasteiger charge is 2.34. The molecular formula is C18H19Cl2N3. The van der Waals surface area contributed by atoms with Gasteiger partial charge in [0.05, 0.1) is 15.7 Å². The van der Waals surface area contributed by atoms with Crippen LogP contribution in [0.15, 0.2) is 30.3 Å². The Morgan fingerprint density at radius 2 is 2.09 bits per heavy atom. The number of piperidine rings is 1. The largest absolute Gasteiger partial charge is 0.381 e. The summed E-state index contributed by atoms with van der Waals surface area (Å²) in [6.07, 6.45) is 1.17. The first-order valence-corrected chi connectivity index (χ1v) is 8.72. The molecule has 1 fully saturated rings. The first-order valence-electron chi connectivity index (χ1n) is 7.96. The third-order valence-electron chi connectivity index (χ3n) is 4.81. The smallest absolute Gasteiger partial charge is 0.0827 e. The highest BCUT2D eigenvalue weighted by molar-refractivity contribution is 6.43. The zero-order chi connectivity index (χ0) is 16.0. The molecule has 0 amide bonds. The van der Waals surface area contributed by atoms with Crippen molar-refractivity contribution < 1.29 is 0 Å². The second kappa shape index (κ2) is 5.90. The maximum atomic E-state index is 6.29. The normalized spacial score (nSPS) is 22.2. The number of halogens is 2. The zero-order valence-corrected chi connectivity index (χ0v) is 14.4. The van der Waals surface area contributed by atoms with Crippen LogP contribution in [0.4, 0.5) is 17.1 Å². The van der Waals surface area contributed by atoms with Crippen LogP contribution in [0.2, 0.25) is 10.0 Å². The Bertz CT molecular complexity index is 760. The molecule has 0 radical (unpaired) electrons. The van der Waals surface area contributed by atoms with E-state index >= 15 is 0 Å². The predicted molar refractivity (Wildman–Crippen MR) is 98.6 cm³/mol. The van der Waals surface area contributed by atoms with Crippen LogP contribution in [-0.2, 0) is 0 Å². The highest BCUT2D eigenvalue weighted by atomic mass is 35.5. The fourth-order valence-electron chi connectivity index (χ4n) is 3.68. The maximum Gasteiger partial charge on any atom is 0.0827 e. The van der Waals surface area contributed by atoms with E-state index in [0.29, 0.717) is 22.0 Å². The molecule has 120 valence electrons. The van der Waals surface area contributed by atoms with Gasteiger partial charge < -0.3 is 16.0 Å². The van der Waals surface area contributed by atoms with Gasteiger partial charge in [0.15, 0.2) is 0 Å². The molecule has 2 aliphatic heterocycles. The number of rotatable bonds is 2. The molecule has 2 aromatic carbocycles. The Hall–Kier alpha value is -1.42. The van der Waals surface area contributed by atoms with Gasteiger partial charge in [-0.1, -0.05) is 29.3 Å². The molecule has 5 heteroatoms. The summed E-state index contributed by atoms with van der Waals surface area (Å²) in [7, 11) is 0. The average Bonchev–Trinajstić information content (AvgIpc) is 2.91. The standard InChI is InChI=1S/C18H19Cl2N3/c1-10-7-11(22-16-4-2-3-14(19)17(16)20)8-12-13-9-21-6-5-15(13)23-18(10)12/h2-4,7-8,13,15,21-23H,5-6,9H2,1H3/t13-,15-/m0/s1. The van der Waals surface area contributed by atoms with Crippen molar-refractivity contribution in [2.24, 2.45) is 0 Å². The molecule has 2 heterocycles. The molecule has 2 aromatic rings. The van der Waals surface area contributed by atoms with E-state index in [-0.39, 0.29) is 0 Å². The fourth-order valence-corrected chi connectivity index (χ4v) is 4.02. The van der Waals surface area contributed by atoms with E-state index < -0.39 is 0 Å². The van der Waals surface area contributed by atoms with Crippen molar-refractivity contribution in [3.05, 3.63) is 51.5 Å². The Kier molecular flexibility index (Phi) is 3.88. The molecule has 0 aliphatic carbocycles. The molecule has 0 aromatic heterocycles. The van der Waals surface area contributed by atoms with Crippen LogP contribution in [0.3, 0.4) is 0 Å². The average molecular weight is 348 g/mol. The summed E-state index contributed by atoms with van der Waals surface area (Å²) in [4.78, 5) is 0. The summed E-state index contributed by atoms with van der Waals surface area (Å²) in [6.45, 7) is 4.28. The van der Waals surface area contributed by atoms with Crippen molar-refractivity contribution in [2.75, 3.05) is 23.7 Å². The Morgan fingerprint density at radius 1 is 1.22 bits per heavy atom. The van der Waals surface area contributed by atoms with Crippen molar-refractivity contribution in [3.8, 4) is 0 Å². The minimum absolute atomic E-state index is 0.536. The first kappa shape index (κ1) is 15.1. The van der Waals surface area contributed by atoms with Gasteiger partial charge in [0.1, 0.15) is 0 Å². The summed E-state index contributed by atoms with van der Waals surface area (Å²) < 4.78 is 0. The lowest BCUT2D eigenvalue weighted by molar-refractivity contribution is 0.440. The van der Waals surface area contributed by atoms with Crippen LogP contribution < -0.4 is 16.0 Å². The lowest BCUT2D eigenvalue weighted by Crippen LogP contribution is -2.38. The molecule has 1 saturated heterocycles. The maximum absolute atomic E-state index is 6.29. The van der Waals surface area contributed by atoms with E-state index in [1.807, 2.05) is 12.1 Å². The monoisotopic (exact) mass is 347 g/mol. The Labute approximate surface area is 146 Å². The quantitative estimate of drug-likeness (QED) is 0.721. The van der Waals surface area contributed by atoms with E-state index in [4.69, 9.17) is 23.2 Å². The molecule has 0 spiro atoms. The van der Waals surface area contributed by atoms with Crippen LogP contribution in [-0.4, -0.2) is 19.1 Å². The van der Waals surface area contributed by atoms with Gasteiger partial charge in [0.2, 0.25) is 0 Å². The topological polar surface area (TPSA) is 36.1 Å². The second-order valence-corrected chi connectivity index (χ2v) is 7.12. The molecule has 23 heavy (non-hydrogen) atoms. The summed E-state index contributed by atoms with van der Waals surface area (Å²) >= 11 is 12.4. The lowest BCUT2D eigenvalue weighted by atomic mass is 9.89. The number of hydrogen-bond acceptors (Lipinski definition) is 3. The number of nitrogens with one attached hydrogen (secondary N) is 3. The number of hydrogen-bond donors (Lipinski definition) is 3. The lowest BCUT2D eigenvalue weighted by Gasteiger charge is -2.26. The van der Waals surface area contributed by atoms with Gasteiger partial charge in [-0.25, -0.2) is 0 Å². The summed E-state index contributed by atoms with van der Waals surface area (Å²) in [5.74, 6) is 0.536. The van der Waals surface area contributed by atoms with E-state index in [1.54, 1.807) is 6.07 Å². The molecule has 2 aliphatic rings. The highest BCUT2D eigenvalue weighted by Crippen LogP contribution is 2.42. The van der Waals surface area contributed by atoms with Crippen LogP contribution in [0.25, 0.3) is 0 Å². The third-order valence-corrected chi connectivity index (χ3v) is 5.63. The van der Waals surface area contributed by atoms with Gasteiger partial charge in [-0.3, -0.25) is 0 Å². The second-order valence-electron chi connectivity index (χ2n) is 6.33. The van der Waals surface area contributed by atoms with Crippen LogP contribution in [0.5, 0.6) is 0 Å². The summed E-state index contributed by atoms with van der Waals surface area (Å²) in [5.41, 5.74) is 5.84. The van der Waals surface area contributed by atoms with Gasteiger partial charge in [-0.15, -0.1) is 0 Å². The van der Waals surface area contributed by atoms with Gasteiger partial charge in [0.25, 0.3) is 0 Å². The Morgan fingerprint density at radius 3 is 2.96 bits per heavy atom. The number of aryl methyl sites for hydroxylation is 1. The van der Waals surface area contributed by atoms with Crippen molar-refractivity contribution >= 4 is 40.3 Å². The van der Waals surface area contributed by atoms with Gasteiger partial charge >= 0.3 is 0 Å². The third kappa shape index (κ3) is 2.67. The van der Waals surface area contributed by atoms with Crippen molar-refractivity contribution in [1.29, 1.82) is 0 Å². The molecule has 3 N–H and O–H groups in total. The van der Waals surface area contributed by atoms with Crippen LogP contribution >= 0.6 is 23.2 Å². The zero-order valence-electron chi connectivity index (χ0n) is 12.9. The minimum atomic E-state index is 0.536. The number of anilines is 3. The summed E-state index contributed by atoms with van der Waals surface area (Å²) in [5, 5.41) is 11.7. The van der Waals surface area contributed by atoms with Crippen molar-refractivity contribution in [3.63, 3.8) is 0 Å². The van der Waals surface area contributed by atoms with E-state index in [0.717, 1.165) is 24.5 Å². The van der Waals surface area contributed by atoms with E-state index in [2.05, 4.69) is 35.0 Å². The number of benzene rings is 2. The molecular weight excluding hydrogens is 329 g/mol. The number of fused-ring (bicyclic) bond motifs is 3. The van der Waals surface area contributed by atoms with Crippen LogP contribution in [0.1, 0.15) is 23.5 Å². The van der Waals surface area contributed by atoms with Gasteiger partial charge in [-0.2, -0.15) is 0 Å². The molecule has 0 unspecified atom stereocenters. The van der Waals surface area contributed by atoms with Gasteiger partial charge in [0, 0.05) is 29.9 Å².